The van der Waals surface area contributed by atoms with E-state index in [2.05, 4.69) is 19.9 Å². The van der Waals surface area contributed by atoms with Gasteiger partial charge in [0.1, 0.15) is 10.0 Å². The monoisotopic (exact) mass is 234 g/mol. The van der Waals surface area contributed by atoms with Gasteiger partial charge in [0, 0.05) is 4.90 Å². The maximum atomic E-state index is 11.0. The van der Waals surface area contributed by atoms with Gasteiger partial charge in [0.25, 0.3) is 0 Å². The third-order valence-electron chi connectivity index (χ3n) is 1.13. The van der Waals surface area contributed by atoms with Crippen LogP contribution in [0.15, 0.2) is 35.2 Å². The lowest BCUT2D eigenvalue weighted by molar-refractivity contribution is 0.604. The minimum absolute atomic E-state index is 0.192. The van der Waals surface area contributed by atoms with Crippen molar-refractivity contribution in [3.05, 3.63) is 34.1 Å². The molecule has 1 rings (SSSR count). The lowest BCUT2D eigenvalue weighted by atomic mass is 10.4. The van der Waals surface area contributed by atoms with Gasteiger partial charge in [-0.15, -0.1) is 0 Å². The summed E-state index contributed by atoms with van der Waals surface area (Å²) in [7, 11) is -3.46. The summed E-state index contributed by atoms with van der Waals surface area (Å²) in [5.41, 5.74) is 0. The molecule has 0 unspecified atom stereocenters. The van der Waals surface area contributed by atoms with Crippen LogP contribution in [-0.2, 0) is 10.0 Å². The van der Waals surface area contributed by atoms with Crippen LogP contribution < -0.4 is 0 Å². The Labute approximate surface area is 73.8 Å². The summed E-state index contributed by atoms with van der Waals surface area (Å²) in [5, 5.41) is 0. The van der Waals surface area contributed by atoms with Gasteiger partial charge in [0.05, 0.1) is 0 Å². The second-order valence-electron chi connectivity index (χ2n) is 1.86. The second-order valence-corrected chi connectivity index (χ2v) is 4.29. The zero-order chi connectivity index (χ0) is 8.32. The predicted octanol–water partition coefficient (Wildman–Crippen LogP) is 2.06. The molecule has 11 heavy (non-hydrogen) atoms. The van der Waals surface area contributed by atoms with Gasteiger partial charge >= 0.3 is 0 Å². The average molecular weight is 235 g/mol. The highest BCUT2D eigenvalue weighted by molar-refractivity contribution is 9.12. The van der Waals surface area contributed by atoms with E-state index < -0.39 is 10.0 Å². The summed E-state index contributed by atoms with van der Waals surface area (Å²) >= 11 is 2.54. The van der Waals surface area contributed by atoms with Crippen LogP contribution >= 0.6 is 16.1 Å². The Hall–Kier alpha value is -0.390. The van der Waals surface area contributed by atoms with Gasteiger partial charge < -0.3 is 3.75 Å². The van der Waals surface area contributed by atoms with Crippen LogP contribution in [0.25, 0.3) is 3.75 Å². The summed E-state index contributed by atoms with van der Waals surface area (Å²) in [4.78, 5) is 0.192. The van der Waals surface area contributed by atoms with Crippen LogP contribution in [0.5, 0.6) is 0 Å². The zero-order valence-corrected chi connectivity index (χ0v) is 7.84. The summed E-state index contributed by atoms with van der Waals surface area (Å²) in [6.07, 6.45) is 0. The van der Waals surface area contributed by atoms with Gasteiger partial charge in [-0.25, -0.2) is 24.6 Å². The molecule has 0 N–H and O–H groups in total. The van der Waals surface area contributed by atoms with Crippen molar-refractivity contribution in [1.82, 2.24) is 0 Å². The van der Waals surface area contributed by atoms with Crippen LogP contribution in [0.4, 0.5) is 0 Å². The first kappa shape index (κ1) is 8.70. The maximum Gasteiger partial charge on any atom is 0.109 e. The van der Waals surface area contributed by atoms with E-state index in [-0.39, 0.29) is 4.90 Å². The highest BCUT2D eigenvalue weighted by Crippen LogP contribution is 2.18. The van der Waals surface area contributed by atoms with E-state index >= 15 is 0 Å². The SMILES string of the molecule is O=S(=O)([N-]Br)c1ccccc1. The molecule has 0 fully saturated rings. The molecule has 3 nitrogen and oxygen atoms in total. The van der Waals surface area contributed by atoms with Crippen LogP contribution in [0, 0.1) is 0 Å². The highest BCUT2D eigenvalue weighted by atomic mass is 79.9. The molecule has 0 aliphatic rings. The van der Waals surface area contributed by atoms with Crippen LogP contribution in [0.3, 0.4) is 0 Å². The fraction of sp³-hybridized carbons (Fsp3) is 0. The molecule has 0 saturated carbocycles. The third kappa shape index (κ3) is 2.02. The molecule has 1 aromatic carbocycles. The summed E-state index contributed by atoms with van der Waals surface area (Å²) in [5.74, 6) is 0. The van der Waals surface area contributed by atoms with E-state index in [1.165, 1.54) is 12.1 Å². The van der Waals surface area contributed by atoms with Gasteiger partial charge in [0.15, 0.2) is 0 Å². The molecule has 0 heterocycles. The molecule has 0 atom stereocenters. The van der Waals surface area contributed by atoms with Crippen molar-refractivity contribution in [2.45, 2.75) is 4.90 Å². The Balaban J connectivity index is 3.14. The normalized spacial score (nSPS) is 11.4. The fourth-order valence-corrected chi connectivity index (χ4v) is 1.71. The largest absolute Gasteiger partial charge is 0.480 e. The highest BCUT2D eigenvalue weighted by Gasteiger charge is 1.99. The number of sulfonamides is 1. The van der Waals surface area contributed by atoms with Crippen molar-refractivity contribution in [2.24, 2.45) is 0 Å². The number of benzene rings is 1. The van der Waals surface area contributed by atoms with Gasteiger partial charge in [-0.2, -0.15) is 0 Å². The minimum atomic E-state index is -3.46. The Morgan fingerprint density at radius 2 is 1.73 bits per heavy atom. The Morgan fingerprint density at radius 3 is 2.18 bits per heavy atom. The summed E-state index contributed by atoms with van der Waals surface area (Å²) < 4.78 is 25.1. The molecule has 0 radical (unpaired) electrons. The smallest absolute Gasteiger partial charge is 0.109 e. The molecule has 0 aliphatic heterocycles. The fourth-order valence-electron chi connectivity index (χ4n) is 0.632. The van der Waals surface area contributed by atoms with Crippen molar-refractivity contribution in [1.29, 1.82) is 0 Å². The van der Waals surface area contributed by atoms with E-state index in [1.807, 2.05) is 0 Å². The minimum Gasteiger partial charge on any atom is -0.480 e. The number of nitrogens with zero attached hydrogens (tertiary/aromatic N) is 1. The first-order valence-corrected chi connectivity index (χ1v) is 4.95. The summed E-state index contributed by atoms with van der Waals surface area (Å²) in [6, 6.07) is 8.00. The van der Waals surface area contributed by atoms with Gasteiger partial charge in [-0.3, -0.25) is 0 Å². The van der Waals surface area contributed by atoms with Crippen molar-refractivity contribution >= 4 is 26.2 Å². The van der Waals surface area contributed by atoms with Gasteiger partial charge in [-0.05, 0) is 12.1 Å². The lowest BCUT2D eigenvalue weighted by Crippen LogP contribution is -1.93. The molecule has 0 saturated heterocycles. The molecule has 0 amide bonds. The number of rotatable bonds is 2. The van der Waals surface area contributed by atoms with Crippen molar-refractivity contribution in [2.75, 3.05) is 0 Å². The average Bonchev–Trinajstić information content (AvgIpc) is 2.06. The maximum absolute atomic E-state index is 11.0. The number of halogens is 1. The molecular weight excluding hydrogens is 230 g/mol. The van der Waals surface area contributed by atoms with Crippen LogP contribution in [0.1, 0.15) is 0 Å². The second kappa shape index (κ2) is 3.34. The lowest BCUT2D eigenvalue weighted by Gasteiger charge is -2.10. The summed E-state index contributed by atoms with van der Waals surface area (Å²) in [6.45, 7) is 0. The topological polar surface area (TPSA) is 48.2 Å². The van der Waals surface area contributed by atoms with Crippen molar-refractivity contribution in [3.8, 4) is 0 Å². The van der Waals surface area contributed by atoms with Crippen LogP contribution in [-0.4, -0.2) is 8.42 Å². The Kier molecular flexibility index (Phi) is 2.64. The molecule has 1 aromatic rings. The third-order valence-corrected chi connectivity index (χ3v) is 3.33. The predicted molar refractivity (Wildman–Crippen MR) is 45.9 cm³/mol. The Bertz CT molecular complexity index is 322. The standard InChI is InChI=1S/C6H5BrNO2S/c7-8-11(9,10)6-4-2-1-3-5-6/h1-5H/q-1. The molecule has 0 bridgehead atoms. The van der Waals surface area contributed by atoms with E-state index in [4.69, 9.17) is 0 Å². The van der Waals surface area contributed by atoms with E-state index in [0.717, 1.165) is 0 Å². The molecule has 0 aromatic heterocycles. The number of hydrogen-bond donors (Lipinski definition) is 0. The quantitative estimate of drug-likeness (QED) is 0.787. The molecule has 0 aliphatic carbocycles. The van der Waals surface area contributed by atoms with Gasteiger partial charge in [-0.1, -0.05) is 18.2 Å². The van der Waals surface area contributed by atoms with Crippen molar-refractivity contribution in [3.63, 3.8) is 0 Å². The van der Waals surface area contributed by atoms with E-state index in [0.29, 0.717) is 0 Å². The molecular formula is C6H5BrNO2S-. The molecule has 60 valence electrons. The first-order valence-electron chi connectivity index (χ1n) is 2.80. The van der Waals surface area contributed by atoms with Crippen molar-refractivity contribution < 1.29 is 8.42 Å². The van der Waals surface area contributed by atoms with Crippen LogP contribution in [0.2, 0.25) is 0 Å². The van der Waals surface area contributed by atoms with Gasteiger partial charge in [0.2, 0.25) is 0 Å². The molecule has 0 spiro atoms. The van der Waals surface area contributed by atoms with E-state index in [1.54, 1.807) is 18.2 Å². The first-order chi connectivity index (χ1) is 5.17. The molecule has 5 heteroatoms. The van der Waals surface area contributed by atoms with E-state index in [9.17, 15) is 8.42 Å². The zero-order valence-electron chi connectivity index (χ0n) is 5.44. The number of hydrogen-bond acceptors (Lipinski definition) is 2. The Morgan fingerprint density at radius 1 is 1.18 bits per heavy atom.